The summed E-state index contributed by atoms with van der Waals surface area (Å²) < 4.78 is 37.2. The number of aliphatic carboxylic acids is 1. The average Bonchev–Trinajstić information content (AvgIpc) is 2.70. The Morgan fingerprint density at radius 3 is 1.65 bits per heavy atom. The standard InChI is InChI=1S/C25H48O8Si4/c1-28-22-19-20(16-17-23(26)27)21(24(29-2)25(22)30-3)15-13-14-18-37(31-34(4,5)6,32-35(7,8)9)33-36(10,11)12/h16-17,19H,13-15,18H2,1-12H3,(H,26,27). The lowest BCUT2D eigenvalue weighted by atomic mass is 9.99. The van der Waals surface area contributed by atoms with Crippen molar-refractivity contribution in [2.45, 2.75) is 84.2 Å². The molecule has 0 unspecified atom stereocenters. The van der Waals surface area contributed by atoms with Gasteiger partial charge in [-0.25, -0.2) is 4.79 Å². The van der Waals surface area contributed by atoms with E-state index in [1.807, 2.05) is 0 Å². The van der Waals surface area contributed by atoms with Gasteiger partial charge in [0.15, 0.2) is 36.5 Å². The minimum Gasteiger partial charge on any atom is -0.493 e. The minimum atomic E-state index is -2.92. The Balaban J connectivity index is 3.35. The fourth-order valence-electron chi connectivity index (χ4n) is 4.06. The molecule has 8 nitrogen and oxygen atoms in total. The number of benzene rings is 1. The Hall–Kier alpha value is -1.42. The molecule has 1 rings (SSSR count). The molecular formula is C25H48O8Si4. The SMILES string of the molecule is COc1cc(C=CC(=O)O)c(CCCC[Si](O[Si](C)(C)C)(O[Si](C)(C)C)O[Si](C)(C)C)c(OC)c1OC. The molecule has 0 saturated carbocycles. The van der Waals surface area contributed by atoms with Crippen molar-refractivity contribution in [1.82, 2.24) is 0 Å². The molecule has 0 bridgehead atoms. The second kappa shape index (κ2) is 13.6. The van der Waals surface area contributed by atoms with Crippen molar-refractivity contribution in [3.63, 3.8) is 0 Å². The molecule has 0 amide bonds. The zero-order valence-corrected chi connectivity index (χ0v) is 28.9. The molecule has 37 heavy (non-hydrogen) atoms. The number of carboxylic acids is 1. The predicted molar refractivity (Wildman–Crippen MR) is 160 cm³/mol. The summed E-state index contributed by atoms with van der Waals surface area (Å²) in [5.74, 6) is 0.494. The van der Waals surface area contributed by atoms with Crippen LogP contribution in [0.2, 0.25) is 65.0 Å². The summed E-state index contributed by atoms with van der Waals surface area (Å²) in [6.45, 7) is 19.7. The van der Waals surface area contributed by atoms with Gasteiger partial charge in [-0.05, 0) is 95.9 Å². The second-order valence-electron chi connectivity index (χ2n) is 11.9. The normalized spacial score (nSPS) is 13.2. The molecule has 1 aromatic rings. The molecule has 0 aliphatic rings. The first-order chi connectivity index (χ1) is 16.9. The van der Waals surface area contributed by atoms with Crippen LogP contribution in [0.5, 0.6) is 17.2 Å². The van der Waals surface area contributed by atoms with Crippen molar-refractivity contribution in [3.05, 3.63) is 23.3 Å². The average molecular weight is 589 g/mol. The Morgan fingerprint density at radius 1 is 0.784 bits per heavy atom. The highest BCUT2D eigenvalue weighted by atomic mass is 28.5. The summed E-state index contributed by atoms with van der Waals surface area (Å²) in [6.07, 6.45) is 4.99. The minimum absolute atomic E-state index is 0.482. The van der Waals surface area contributed by atoms with Gasteiger partial charge in [-0.15, -0.1) is 0 Å². The lowest BCUT2D eigenvalue weighted by Crippen LogP contribution is -2.60. The predicted octanol–water partition coefficient (Wildman–Crippen LogP) is 6.63. The molecule has 212 valence electrons. The molecule has 0 heterocycles. The van der Waals surface area contributed by atoms with Crippen molar-refractivity contribution >= 4 is 45.8 Å². The van der Waals surface area contributed by atoms with Gasteiger partial charge in [-0.2, -0.15) is 0 Å². The summed E-state index contributed by atoms with van der Waals surface area (Å²) in [5, 5.41) is 9.20. The second-order valence-corrected chi connectivity index (χ2v) is 28.9. The lowest BCUT2D eigenvalue weighted by Gasteiger charge is -2.43. The summed E-state index contributed by atoms with van der Waals surface area (Å²) in [7, 11) is -4.07. The van der Waals surface area contributed by atoms with Crippen LogP contribution in [-0.2, 0) is 23.6 Å². The van der Waals surface area contributed by atoms with Crippen LogP contribution in [0.3, 0.4) is 0 Å². The molecule has 0 atom stereocenters. The first-order valence-corrected chi connectivity index (χ1v) is 24.8. The molecule has 1 aromatic carbocycles. The molecular weight excluding hydrogens is 541 g/mol. The molecule has 0 spiro atoms. The molecule has 0 aliphatic carbocycles. The summed E-state index contributed by atoms with van der Waals surface area (Å²) in [4.78, 5) is 11.2. The van der Waals surface area contributed by atoms with E-state index in [9.17, 15) is 9.90 Å². The largest absolute Gasteiger partial charge is 0.493 e. The highest BCUT2D eigenvalue weighted by Gasteiger charge is 2.49. The van der Waals surface area contributed by atoms with E-state index in [1.54, 1.807) is 33.5 Å². The van der Waals surface area contributed by atoms with Crippen LogP contribution < -0.4 is 14.2 Å². The van der Waals surface area contributed by atoms with Crippen LogP contribution in [0.15, 0.2) is 12.1 Å². The van der Waals surface area contributed by atoms with Gasteiger partial charge in [0.1, 0.15) is 0 Å². The maximum atomic E-state index is 11.2. The fraction of sp³-hybridized carbons (Fsp3) is 0.640. The van der Waals surface area contributed by atoms with Crippen molar-refractivity contribution < 1.29 is 36.5 Å². The zero-order valence-electron chi connectivity index (χ0n) is 24.9. The Bertz CT molecular complexity index is 890. The van der Waals surface area contributed by atoms with Gasteiger partial charge in [-0.3, -0.25) is 0 Å². The molecule has 1 N–H and O–H groups in total. The van der Waals surface area contributed by atoms with Gasteiger partial charge in [0.05, 0.1) is 21.3 Å². The summed E-state index contributed by atoms with van der Waals surface area (Å²) >= 11 is 0. The maximum Gasteiger partial charge on any atom is 0.469 e. The van der Waals surface area contributed by atoms with Crippen molar-refractivity contribution in [1.29, 1.82) is 0 Å². The third-order valence-electron chi connectivity index (χ3n) is 4.92. The lowest BCUT2D eigenvalue weighted by molar-refractivity contribution is -0.131. The van der Waals surface area contributed by atoms with Gasteiger partial charge in [0.25, 0.3) is 0 Å². The third kappa shape index (κ3) is 11.9. The zero-order chi connectivity index (χ0) is 28.7. The molecule has 0 aromatic heterocycles. The van der Waals surface area contributed by atoms with Crippen LogP contribution in [0.4, 0.5) is 0 Å². The maximum absolute atomic E-state index is 11.2. The molecule has 0 saturated heterocycles. The number of ether oxygens (including phenoxy) is 3. The third-order valence-corrected chi connectivity index (χ3v) is 17.0. The Morgan fingerprint density at radius 2 is 1.27 bits per heavy atom. The first kappa shape index (κ1) is 33.6. The fourth-order valence-corrected chi connectivity index (χ4v) is 18.8. The van der Waals surface area contributed by atoms with Gasteiger partial charge in [0, 0.05) is 17.7 Å². The molecule has 0 aliphatic heterocycles. The number of methoxy groups -OCH3 is 3. The van der Waals surface area contributed by atoms with Gasteiger partial charge in [0.2, 0.25) is 5.75 Å². The highest BCUT2D eigenvalue weighted by molar-refractivity contribution is 6.90. The monoisotopic (exact) mass is 588 g/mol. The van der Waals surface area contributed by atoms with E-state index in [4.69, 9.17) is 26.6 Å². The molecule has 0 fully saturated rings. The van der Waals surface area contributed by atoms with Crippen LogP contribution >= 0.6 is 0 Å². The number of hydrogen-bond acceptors (Lipinski definition) is 7. The molecule has 0 radical (unpaired) electrons. The van der Waals surface area contributed by atoms with Crippen molar-refractivity contribution in [3.8, 4) is 17.2 Å². The van der Waals surface area contributed by atoms with Crippen molar-refractivity contribution in [2.24, 2.45) is 0 Å². The van der Waals surface area contributed by atoms with E-state index in [0.29, 0.717) is 23.7 Å². The summed E-state index contributed by atoms with van der Waals surface area (Å²) in [5.41, 5.74) is 1.59. The van der Waals surface area contributed by atoms with Gasteiger partial charge in [-0.1, -0.05) is 0 Å². The Kier molecular flexibility index (Phi) is 12.3. The van der Waals surface area contributed by atoms with Gasteiger partial charge >= 0.3 is 14.8 Å². The number of rotatable bonds is 16. The smallest absolute Gasteiger partial charge is 0.469 e. The summed E-state index contributed by atoms with van der Waals surface area (Å²) in [6, 6.07) is 2.52. The van der Waals surface area contributed by atoms with Crippen LogP contribution in [-0.4, -0.2) is 66.2 Å². The number of carbonyl (C=O) groups is 1. The van der Waals surface area contributed by atoms with E-state index in [-0.39, 0.29) is 0 Å². The van der Waals surface area contributed by atoms with E-state index in [2.05, 4.69) is 58.9 Å². The van der Waals surface area contributed by atoms with E-state index in [0.717, 1.165) is 36.1 Å². The van der Waals surface area contributed by atoms with E-state index < -0.39 is 39.7 Å². The van der Waals surface area contributed by atoms with Crippen LogP contribution in [0.25, 0.3) is 6.08 Å². The quantitative estimate of drug-likeness (QED) is 0.131. The Labute approximate surface area is 228 Å². The number of unbranched alkanes of at least 4 members (excludes halogenated alkanes) is 1. The number of carboxylic acid groups (broad SMARTS) is 1. The van der Waals surface area contributed by atoms with Gasteiger partial charge < -0.3 is 31.7 Å². The number of hydrogen-bond donors (Lipinski definition) is 1. The van der Waals surface area contributed by atoms with Crippen LogP contribution in [0.1, 0.15) is 24.0 Å². The van der Waals surface area contributed by atoms with Crippen LogP contribution in [0, 0.1) is 0 Å². The van der Waals surface area contributed by atoms with Crippen molar-refractivity contribution in [2.75, 3.05) is 21.3 Å². The first-order valence-electron chi connectivity index (χ1n) is 12.7. The topological polar surface area (TPSA) is 92.7 Å². The molecule has 12 heteroatoms. The van der Waals surface area contributed by atoms with E-state index >= 15 is 0 Å². The highest BCUT2D eigenvalue weighted by Crippen LogP contribution is 2.43. The van der Waals surface area contributed by atoms with E-state index in [1.165, 1.54) is 0 Å².